The number of ketones is 1. The fraction of sp³-hybridized carbons (Fsp3) is 0.0625. The first-order chi connectivity index (χ1) is 10.9. The van der Waals surface area contributed by atoms with Crippen molar-refractivity contribution in [2.75, 3.05) is 5.32 Å². The Hall–Kier alpha value is -3.35. The highest BCUT2D eigenvalue weighted by Gasteiger charge is 2.12. The monoisotopic (exact) mass is 315 g/mol. The summed E-state index contributed by atoms with van der Waals surface area (Å²) in [5.41, 5.74) is 0.307. The molecule has 7 nitrogen and oxygen atoms in total. The van der Waals surface area contributed by atoms with E-state index < -0.39 is 17.8 Å². The number of aromatic hydroxyl groups is 1. The van der Waals surface area contributed by atoms with Gasteiger partial charge in [-0.1, -0.05) is 0 Å². The van der Waals surface area contributed by atoms with Crippen LogP contribution in [0.3, 0.4) is 0 Å². The molecule has 2 aromatic rings. The minimum Gasteiger partial charge on any atom is -0.507 e. The molecule has 0 saturated carbocycles. The van der Waals surface area contributed by atoms with E-state index in [2.05, 4.69) is 5.32 Å². The number of hydrogen-bond donors (Lipinski definition) is 3. The van der Waals surface area contributed by atoms with Crippen molar-refractivity contribution in [1.82, 2.24) is 0 Å². The summed E-state index contributed by atoms with van der Waals surface area (Å²) in [6.07, 6.45) is -0.831. The van der Waals surface area contributed by atoms with E-state index >= 15 is 0 Å². The van der Waals surface area contributed by atoms with Gasteiger partial charge < -0.3 is 14.9 Å². The Kier molecular flexibility index (Phi) is 4.61. The van der Waals surface area contributed by atoms with Crippen molar-refractivity contribution in [3.8, 4) is 11.5 Å². The lowest BCUT2D eigenvalue weighted by atomic mass is 10.1. The number of aromatic carboxylic acids is 1. The summed E-state index contributed by atoms with van der Waals surface area (Å²) in [5.74, 6) is -1.60. The molecule has 0 aromatic heterocycles. The molecule has 0 atom stereocenters. The van der Waals surface area contributed by atoms with Gasteiger partial charge in [-0.25, -0.2) is 9.59 Å². The maximum Gasteiger partial charge on any atom is 0.417 e. The predicted molar refractivity (Wildman–Crippen MR) is 81.2 cm³/mol. The van der Waals surface area contributed by atoms with E-state index in [1.807, 2.05) is 0 Å². The number of carbonyl (C=O) groups excluding carboxylic acids is 2. The minimum atomic E-state index is -1.32. The van der Waals surface area contributed by atoms with Crippen molar-refractivity contribution in [1.29, 1.82) is 0 Å². The van der Waals surface area contributed by atoms with Crippen LogP contribution in [0, 0.1) is 0 Å². The lowest BCUT2D eigenvalue weighted by Gasteiger charge is -2.08. The van der Waals surface area contributed by atoms with Crippen molar-refractivity contribution < 1.29 is 29.3 Å². The molecule has 7 heteroatoms. The van der Waals surface area contributed by atoms with E-state index in [1.54, 1.807) is 0 Å². The third-order valence-electron chi connectivity index (χ3n) is 2.94. The number of ether oxygens (including phenoxy) is 1. The number of rotatable bonds is 4. The number of nitrogens with one attached hydrogen (secondary N) is 1. The van der Waals surface area contributed by atoms with Gasteiger partial charge in [-0.3, -0.25) is 10.1 Å². The van der Waals surface area contributed by atoms with Crippen LogP contribution < -0.4 is 10.1 Å². The number of amides is 1. The fourth-order valence-electron chi connectivity index (χ4n) is 1.79. The molecular formula is C16H13NO6. The Morgan fingerprint density at radius 2 is 1.70 bits per heavy atom. The van der Waals surface area contributed by atoms with Crippen molar-refractivity contribution in [2.24, 2.45) is 0 Å². The van der Waals surface area contributed by atoms with Crippen LogP contribution in [-0.2, 0) is 0 Å². The number of anilines is 1. The summed E-state index contributed by atoms with van der Waals surface area (Å²) in [6, 6.07) is 9.58. The third-order valence-corrected chi connectivity index (χ3v) is 2.94. The Bertz CT molecular complexity index is 767. The Morgan fingerprint density at radius 1 is 1.04 bits per heavy atom. The summed E-state index contributed by atoms with van der Waals surface area (Å²) >= 11 is 0. The maximum atomic E-state index is 11.8. The molecule has 0 bridgehead atoms. The summed E-state index contributed by atoms with van der Waals surface area (Å²) < 4.78 is 5.01. The number of Topliss-reactive ketones (excluding diaryl/α,β-unsaturated/α-hetero) is 1. The van der Waals surface area contributed by atoms with Crippen molar-refractivity contribution in [2.45, 2.75) is 6.92 Å². The van der Waals surface area contributed by atoms with E-state index in [1.165, 1.54) is 37.3 Å². The normalized spacial score (nSPS) is 9.96. The van der Waals surface area contributed by atoms with Gasteiger partial charge in [0, 0.05) is 11.3 Å². The number of hydrogen-bond acceptors (Lipinski definition) is 5. The van der Waals surface area contributed by atoms with Gasteiger partial charge in [-0.05, 0) is 49.4 Å². The van der Waals surface area contributed by atoms with Crippen LogP contribution in [-0.4, -0.2) is 28.1 Å². The van der Waals surface area contributed by atoms with E-state index in [0.717, 1.165) is 12.1 Å². The van der Waals surface area contributed by atoms with Crippen molar-refractivity contribution in [3.05, 3.63) is 53.6 Å². The van der Waals surface area contributed by atoms with Gasteiger partial charge >= 0.3 is 12.1 Å². The summed E-state index contributed by atoms with van der Waals surface area (Å²) in [6.45, 7) is 1.42. The van der Waals surface area contributed by atoms with Crippen LogP contribution in [0.15, 0.2) is 42.5 Å². The number of carboxylic acid groups (broad SMARTS) is 1. The smallest absolute Gasteiger partial charge is 0.417 e. The zero-order valence-electron chi connectivity index (χ0n) is 12.1. The van der Waals surface area contributed by atoms with Crippen molar-refractivity contribution in [3.63, 3.8) is 0 Å². The first-order valence-corrected chi connectivity index (χ1v) is 6.53. The molecule has 0 aliphatic rings. The molecule has 0 saturated heterocycles. The third kappa shape index (κ3) is 4.07. The van der Waals surface area contributed by atoms with E-state index in [4.69, 9.17) is 9.84 Å². The van der Waals surface area contributed by atoms with Crippen LogP contribution >= 0.6 is 0 Å². The van der Waals surface area contributed by atoms with Crippen LogP contribution in [0.25, 0.3) is 0 Å². The molecule has 0 unspecified atom stereocenters. The Balaban J connectivity index is 2.06. The second kappa shape index (κ2) is 6.61. The first kappa shape index (κ1) is 16.0. The second-order valence-corrected chi connectivity index (χ2v) is 4.63. The average molecular weight is 315 g/mol. The van der Waals surface area contributed by atoms with Crippen LogP contribution in [0.5, 0.6) is 11.5 Å². The molecule has 23 heavy (non-hydrogen) atoms. The summed E-state index contributed by atoms with van der Waals surface area (Å²) in [7, 11) is 0. The molecule has 118 valence electrons. The van der Waals surface area contributed by atoms with Gasteiger partial charge in [-0.2, -0.15) is 0 Å². The SMILES string of the molecule is CC(=O)c1ccc(OC(=O)Nc2ccc(O)c(C(=O)O)c2)cc1. The molecule has 2 rings (SSSR count). The average Bonchev–Trinajstić information content (AvgIpc) is 2.49. The van der Waals surface area contributed by atoms with E-state index in [-0.39, 0.29) is 22.8 Å². The van der Waals surface area contributed by atoms with E-state index in [9.17, 15) is 19.5 Å². The van der Waals surface area contributed by atoms with Gasteiger partial charge in [0.1, 0.15) is 17.1 Å². The summed E-state index contributed by atoms with van der Waals surface area (Å²) in [5, 5.41) is 20.6. The fourth-order valence-corrected chi connectivity index (χ4v) is 1.79. The van der Waals surface area contributed by atoms with E-state index in [0.29, 0.717) is 5.56 Å². The van der Waals surface area contributed by atoms with Gasteiger partial charge in [0.25, 0.3) is 0 Å². The molecule has 0 heterocycles. The number of benzene rings is 2. The molecule has 2 aromatic carbocycles. The molecular weight excluding hydrogens is 302 g/mol. The van der Waals surface area contributed by atoms with Gasteiger partial charge in [0.05, 0.1) is 0 Å². The van der Waals surface area contributed by atoms with Gasteiger partial charge in [0.15, 0.2) is 5.78 Å². The topological polar surface area (TPSA) is 113 Å². The molecule has 0 fully saturated rings. The standard InChI is InChI=1S/C16H13NO6/c1-9(18)10-2-5-12(6-3-10)23-16(22)17-11-4-7-14(19)13(8-11)15(20)21/h2-8,19H,1H3,(H,17,22)(H,20,21). The number of carboxylic acids is 1. The largest absolute Gasteiger partial charge is 0.507 e. The highest BCUT2D eigenvalue weighted by atomic mass is 16.6. The lowest BCUT2D eigenvalue weighted by molar-refractivity contribution is 0.0693. The molecule has 0 aliphatic carbocycles. The van der Waals surface area contributed by atoms with Crippen LogP contribution in [0.2, 0.25) is 0 Å². The number of carbonyl (C=O) groups is 3. The molecule has 0 spiro atoms. The van der Waals surface area contributed by atoms with Crippen LogP contribution in [0.1, 0.15) is 27.6 Å². The highest BCUT2D eigenvalue weighted by Crippen LogP contribution is 2.22. The zero-order chi connectivity index (χ0) is 17.0. The number of phenols is 1. The molecule has 3 N–H and O–H groups in total. The minimum absolute atomic E-state index is 0.105. The van der Waals surface area contributed by atoms with Crippen LogP contribution in [0.4, 0.5) is 10.5 Å². The lowest BCUT2D eigenvalue weighted by Crippen LogP contribution is -2.17. The second-order valence-electron chi connectivity index (χ2n) is 4.63. The Labute approximate surface area is 131 Å². The quantitative estimate of drug-likeness (QED) is 0.590. The predicted octanol–water partition coefficient (Wildman–Crippen LogP) is 2.90. The molecule has 0 aliphatic heterocycles. The van der Waals surface area contributed by atoms with Crippen molar-refractivity contribution >= 4 is 23.5 Å². The summed E-state index contributed by atoms with van der Waals surface area (Å²) in [4.78, 5) is 33.8. The first-order valence-electron chi connectivity index (χ1n) is 6.53. The Morgan fingerprint density at radius 3 is 2.26 bits per heavy atom. The van der Waals surface area contributed by atoms with Gasteiger partial charge in [-0.15, -0.1) is 0 Å². The maximum absolute atomic E-state index is 11.8. The van der Waals surface area contributed by atoms with Gasteiger partial charge in [0.2, 0.25) is 0 Å². The zero-order valence-corrected chi connectivity index (χ0v) is 12.1. The highest BCUT2D eigenvalue weighted by molar-refractivity contribution is 5.95. The molecule has 0 radical (unpaired) electrons. The molecule has 1 amide bonds.